The van der Waals surface area contributed by atoms with Crippen LogP contribution in [0.4, 0.5) is 0 Å². The third-order valence-electron chi connectivity index (χ3n) is 5.30. The van der Waals surface area contributed by atoms with Gasteiger partial charge in [-0.15, -0.1) is 0 Å². The number of hydrogen-bond donors (Lipinski definition) is 1. The molecule has 6 nitrogen and oxygen atoms in total. The molecule has 3 rings (SSSR count). The van der Waals surface area contributed by atoms with Crippen molar-refractivity contribution in [2.45, 2.75) is 45.2 Å². The van der Waals surface area contributed by atoms with E-state index in [-0.39, 0.29) is 24.7 Å². The van der Waals surface area contributed by atoms with Gasteiger partial charge in [0.15, 0.2) is 0 Å². The summed E-state index contributed by atoms with van der Waals surface area (Å²) in [6.45, 7) is 6.35. The molecular formula is C21H31N3O3. The maximum Gasteiger partial charge on any atom is 0.223 e. The minimum Gasteiger partial charge on any atom is -0.378 e. The van der Waals surface area contributed by atoms with Crippen LogP contribution in [-0.4, -0.2) is 61.0 Å². The Balaban J connectivity index is 1.35. The maximum atomic E-state index is 12.1. The van der Waals surface area contributed by atoms with Gasteiger partial charge < -0.3 is 15.0 Å². The molecule has 0 bridgehead atoms. The van der Waals surface area contributed by atoms with E-state index < -0.39 is 0 Å². The molecule has 148 valence electrons. The average Bonchev–Trinajstić information content (AvgIpc) is 2.73. The molecule has 0 aromatic heterocycles. The highest BCUT2D eigenvalue weighted by Gasteiger charge is 2.17. The van der Waals surface area contributed by atoms with Gasteiger partial charge >= 0.3 is 0 Å². The summed E-state index contributed by atoms with van der Waals surface area (Å²) >= 11 is 0. The molecule has 2 aliphatic rings. The van der Waals surface area contributed by atoms with Crippen molar-refractivity contribution in [1.82, 2.24) is 15.1 Å². The molecule has 2 saturated heterocycles. The van der Waals surface area contributed by atoms with E-state index in [4.69, 9.17) is 4.74 Å². The number of carbonyl (C=O) groups is 2. The summed E-state index contributed by atoms with van der Waals surface area (Å²) in [5.74, 6) is -0.0375. The van der Waals surface area contributed by atoms with Crippen LogP contribution in [0.3, 0.4) is 0 Å². The molecule has 0 spiro atoms. The zero-order valence-electron chi connectivity index (χ0n) is 16.1. The summed E-state index contributed by atoms with van der Waals surface area (Å²) in [5.41, 5.74) is 2.41. The Morgan fingerprint density at radius 2 is 1.56 bits per heavy atom. The summed E-state index contributed by atoms with van der Waals surface area (Å²) in [6.07, 6.45) is 4.47. The van der Waals surface area contributed by atoms with Crippen LogP contribution >= 0.6 is 0 Å². The highest BCUT2D eigenvalue weighted by molar-refractivity contribution is 5.83. The lowest BCUT2D eigenvalue weighted by Crippen LogP contribution is -2.41. The third kappa shape index (κ3) is 6.63. The molecule has 27 heavy (non-hydrogen) atoms. The predicted molar refractivity (Wildman–Crippen MR) is 104 cm³/mol. The zero-order valence-corrected chi connectivity index (χ0v) is 16.1. The van der Waals surface area contributed by atoms with Gasteiger partial charge in [0.1, 0.15) is 0 Å². The molecule has 0 saturated carbocycles. The van der Waals surface area contributed by atoms with Gasteiger partial charge in [0.25, 0.3) is 0 Å². The summed E-state index contributed by atoms with van der Waals surface area (Å²) in [4.78, 5) is 28.4. The maximum absolute atomic E-state index is 12.1. The first kappa shape index (κ1) is 19.8. The standard InChI is InChI=1S/C21H31N3O3/c25-20(8-9-21(26)24-12-14-27-15-13-24)22-16-18-4-6-19(7-5-18)17-23-10-2-1-3-11-23/h4-7H,1-3,8-17H2,(H,22,25). The summed E-state index contributed by atoms with van der Waals surface area (Å²) < 4.78 is 5.24. The first-order chi connectivity index (χ1) is 13.2. The third-order valence-corrected chi connectivity index (χ3v) is 5.30. The van der Waals surface area contributed by atoms with E-state index in [1.807, 2.05) is 0 Å². The fourth-order valence-electron chi connectivity index (χ4n) is 3.62. The molecule has 0 unspecified atom stereocenters. The Morgan fingerprint density at radius 3 is 2.26 bits per heavy atom. The van der Waals surface area contributed by atoms with Gasteiger partial charge in [-0.25, -0.2) is 0 Å². The second-order valence-corrected chi connectivity index (χ2v) is 7.42. The molecule has 2 fully saturated rings. The van der Waals surface area contributed by atoms with Crippen LogP contribution in [0.2, 0.25) is 0 Å². The number of benzene rings is 1. The van der Waals surface area contributed by atoms with Gasteiger partial charge in [-0.3, -0.25) is 14.5 Å². The molecule has 2 amide bonds. The first-order valence-electron chi connectivity index (χ1n) is 10.1. The molecule has 6 heteroatoms. The molecule has 1 N–H and O–H groups in total. The van der Waals surface area contributed by atoms with Crippen LogP contribution in [0.15, 0.2) is 24.3 Å². The number of morpholine rings is 1. The highest BCUT2D eigenvalue weighted by atomic mass is 16.5. The van der Waals surface area contributed by atoms with Crippen molar-refractivity contribution < 1.29 is 14.3 Å². The summed E-state index contributed by atoms with van der Waals surface area (Å²) in [7, 11) is 0. The smallest absolute Gasteiger partial charge is 0.223 e. The highest BCUT2D eigenvalue weighted by Crippen LogP contribution is 2.13. The molecule has 1 aromatic carbocycles. The first-order valence-corrected chi connectivity index (χ1v) is 10.1. The quantitative estimate of drug-likeness (QED) is 0.793. The Labute approximate surface area is 161 Å². The molecule has 0 radical (unpaired) electrons. The van der Waals surface area contributed by atoms with Crippen LogP contribution in [0.25, 0.3) is 0 Å². The van der Waals surface area contributed by atoms with E-state index in [1.165, 1.54) is 37.9 Å². The average molecular weight is 373 g/mol. The van der Waals surface area contributed by atoms with Crippen molar-refractivity contribution in [3.8, 4) is 0 Å². The number of piperidine rings is 1. The number of rotatable bonds is 7. The Hall–Kier alpha value is -1.92. The number of hydrogen-bond acceptors (Lipinski definition) is 4. The molecule has 0 atom stereocenters. The van der Waals surface area contributed by atoms with Gasteiger partial charge in [-0.1, -0.05) is 30.7 Å². The van der Waals surface area contributed by atoms with E-state index in [0.29, 0.717) is 32.8 Å². The number of likely N-dealkylation sites (tertiary alicyclic amines) is 1. The van der Waals surface area contributed by atoms with Crippen molar-refractivity contribution in [1.29, 1.82) is 0 Å². The van der Waals surface area contributed by atoms with Gasteiger partial charge in [0.05, 0.1) is 13.2 Å². The van der Waals surface area contributed by atoms with E-state index in [1.54, 1.807) is 4.90 Å². The molecule has 1 aromatic rings. The number of nitrogens with one attached hydrogen (secondary N) is 1. The predicted octanol–water partition coefficient (Wildman–Crippen LogP) is 1.93. The Morgan fingerprint density at radius 1 is 0.889 bits per heavy atom. The van der Waals surface area contributed by atoms with Crippen molar-refractivity contribution in [2.75, 3.05) is 39.4 Å². The Kier molecular flexibility index (Phi) is 7.66. The van der Waals surface area contributed by atoms with E-state index >= 15 is 0 Å². The van der Waals surface area contributed by atoms with Crippen molar-refractivity contribution in [3.05, 3.63) is 35.4 Å². The van der Waals surface area contributed by atoms with E-state index in [0.717, 1.165) is 12.1 Å². The fraction of sp³-hybridized carbons (Fsp3) is 0.619. The zero-order chi connectivity index (χ0) is 18.9. The van der Waals surface area contributed by atoms with Crippen LogP contribution < -0.4 is 5.32 Å². The second kappa shape index (κ2) is 10.4. The lowest BCUT2D eigenvalue weighted by Gasteiger charge is -2.26. The van der Waals surface area contributed by atoms with E-state index in [9.17, 15) is 9.59 Å². The van der Waals surface area contributed by atoms with Gasteiger partial charge in [-0.2, -0.15) is 0 Å². The minimum atomic E-state index is -0.0750. The molecular weight excluding hydrogens is 342 g/mol. The lowest BCUT2D eigenvalue weighted by molar-refractivity contribution is -0.137. The number of amides is 2. The number of nitrogens with zero attached hydrogens (tertiary/aromatic N) is 2. The summed E-state index contributed by atoms with van der Waals surface area (Å²) in [5, 5.41) is 2.91. The van der Waals surface area contributed by atoms with Crippen LogP contribution in [0, 0.1) is 0 Å². The minimum absolute atomic E-state index is 0.0375. The van der Waals surface area contributed by atoms with Gasteiger partial charge in [0, 0.05) is 39.0 Å². The van der Waals surface area contributed by atoms with Gasteiger partial charge in [-0.05, 0) is 37.1 Å². The van der Waals surface area contributed by atoms with Crippen LogP contribution in [-0.2, 0) is 27.4 Å². The van der Waals surface area contributed by atoms with Crippen LogP contribution in [0.1, 0.15) is 43.2 Å². The lowest BCUT2D eigenvalue weighted by atomic mass is 10.1. The Bertz CT molecular complexity index is 606. The van der Waals surface area contributed by atoms with Crippen molar-refractivity contribution in [3.63, 3.8) is 0 Å². The summed E-state index contributed by atoms with van der Waals surface area (Å²) in [6, 6.07) is 8.47. The van der Waals surface area contributed by atoms with Gasteiger partial charge in [0.2, 0.25) is 11.8 Å². The van der Waals surface area contributed by atoms with Crippen molar-refractivity contribution in [2.24, 2.45) is 0 Å². The normalized spacial score (nSPS) is 18.3. The molecule has 2 heterocycles. The SMILES string of the molecule is O=C(CCC(=O)N1CCOCC1)NCc1ccc(CN2CCCCC2)cc1. The monoisotopic (exact) mass is 373 g/mol. The molecule has 2 aliphatic heterocycles. The largest absolute Gasteiger partial charge is 0.378 e. The topological polar surface area (TPSA) is 61.9 Å². The number of carbonyl (C=O) groups excluding carboxylic acids is 2. The van der Waals surface area contributed by atoms with E-state index in [2.05, 4.69) is 34.5 Å². The van der Waals surface area contributed by atoms with Crippen molar-refractivity contribution >= 4 is 11.8 Å². The fourth-order valence-corrected chi connectivity index (χ4v) is 3.62. The molecule has 0 aliphatic carbocycles. The number of ether oxygens (including phenoxy) is 1. The second-order valence-electron chi connectivity index (χ2n) is 7.42. The van der Waals surface area contributed by atoms with Crippen LogP contribution in [0.5, 0.6) is 0 Å².